The number of rotatable bonds is 9. The van der Waals surface area contributed by atoms with Gasteiger partial charge in [-0.1, -0.05) is 48.0 Å². The number of benzene rings is 3. The van der Waals surface area contributed by atoms with Gasteiger partial charge < -0.3 is 4.57 Å². The van der Waals surface area contributed by atoms with Gasteiger partial charge in [0.1, 0.15) is 6.54 Å². The first kappa shape index (κ1) is 28.2. The number of hydrazone groups is 1. The number of carbonyl (C=O) groups is 1. The van der Waals surface area contributed by atoms with Gasteiger partial charge in [0.25, 0.3) is 21.6 Å². The van der Waals surface area contributed by atoms with E-state index in [1.165, 1.54) is 36.0 Å². The first-order chi connectivity index (χ1) is 19.0. The zero-order valence-corrected chi connectivity index (χ0v) is 23.3. The summed E-state index contributed by atoms with van der Waals surface area (Å²) in [5.74, 6) is -0.717. The number of aryl methyl sites for hydroxylation is 3. The molecule has 0 unspecified atom stereocenters. The number of aromatic nitrogens is 1. The molecule has 0 aliphatic rings. The number of nitrogens with zero attached hydrogens (tertiary/aromatic N) is 4. The minimum Gasteiger partial charge on any atom is -0.318 e. The van der Waals surface area contributed by atoms with Gasteiger partial charge in [0.15, 0.2) is 4.90 Å². The molecule has 0 spiro atoms. The summed E-state index contributed by atoms with van der Waals surface area (Å²) in [6.07, 6.45) is 1.50. The molecule has 0 saturated heterocycles. The van der Waals surface area contributed by atoms with E-state index in [2.05, 4.69) is 27.2 Å². The predicted molar refractivity (Wildman–Crippen MR) is 155 cm³/mol. The number of sulfonamides is 1. The molecule has 0 aliphatic heterocycles. The molecule has 4 aromatic rings. The first-order valence-electron chi connectivity index (χ1n) is 12.4. The predicted octanol–water partition coefficient (Wildman–Crippen LogP) is 4.96. The van der Waals surface area contributed by atoms with Crippen LogP contribution >= 0.6 is 0 Å². The molecular weight excluding hydrogens is 530 g/mol. The summed E-state index contributed by atoms with van der Waals surface area (Å²) < 4.78 is 30.0. The number of nitrogens with one attached hydrogen (secondary N) is 1. The van der Waals surface area contributed by atoms with E-state index in [1.807, 2.05) is 39.8 Å². The molecule has 1 aromatic heterocycles. The summed E-state index contributed by atoms with van der Waals surface area (Å²) in [6.45, 7) is 7.38. The number of nitro benzene ring substituents is 1. The van der Waals surface area contributed by atoms with Gasteiger partial charge >= 0.3 is 0 Å². The fourth-order valence-corrected chi connectivity index (χ4v) is 6.12. The van der Waals surface area contributed by atoms with Gasteiger partial charge in [-0.15, -0.1) is 0 Å². The van der Waals surface area contributed by atoms with Crippen molar-refractivity contribution in [3.8, 4) is 5.69 Å². The third kappa shape index (κ3) is 5.79. The molecule has 1 amide bonds. The van der Waals surface area contributed by atoms with Crippen molar-refractivity contribution in [3.63, 3.8) is 0 Å². The normalized spacial score (nSPS) is 11.5. The van der Waals surface area contributed by atoms with Crippen LogP contribution in [-0.4, -0.2) is 36.6 Å². The average Bonchev–Trinajstić information content (AvgIpc) is 3.20. The fourth-order valence-electron chi connectivity index (χ4n) is 4.54. The van der Waals surface area contributed by atoms with Crippen molar-refractivity contribution < 1.29 is 18.1 Å². The number of anilines is 1. The van der Waals surface area contributed by atoms with E-state index in [9.17, 15) is 23.3 Å². The molecule has 0 bridgehead atoms. The van der Waals surface area contributed by atoms with Crippen LogP contribution in [0.2, 0.25) is 0 Å². The van der Waals surface area contributed by atoms with Crippen LogP contribution in [0, 0.1) is 37.8 Å². The Hall–Kier alpha value is -4.77. The maximum Gasteiger partial charge on any atom is 0.289 e. The van der Waals surface area contributed by atoms with Gasteiger partial charge in [-0.3, -0.25) is 19.2 Å². The molecule has 4 rings (SSSR count). The molecule has 11 heteroatoms. The van der Waals surface area contributed by atoms with E-state index >= 15 is 0 Å². The number of amides is 1. The zero-order valence-electron chi connectivity index (χ0n) is 22.5. The van der Waals surface area contributed by atoms with E-state index in [0.717, 1.165) is 44.6 Å². The summed E-state index contributed by atoms with van der Waals surface area (Å²) in [5, 5.41) is 15.6. The van der Waals surface area contributed by atoms with E-state index in [4.69, 9.17) is 0 Å². The summed E-state index contributed by atoms with van der Waals surface area (Å²) >= 11 is 0. The zero-order chi connectivity index (χ0) is 29.0. The Morgan fingerprint density at radius 1 is 1.00 bits per heavy atom. The second kappa shape index (κ2) is 11.5. The lowest BCUT2D eigenvalue weighted by Crippen LogP contribution is -2.39. The molecule has 10 nitrogen and oxygen atoms in total. The number of hydrogen-bond donors (Lipinski definition) is 1. The van der Waals surface area contributed by atoms with Crippen molar-refractivity contribution in [1.29, 1.82) is 0 Å². The Bertz CT molecular complexity index is 1710. The highest BCUT2D eigenvalue weighted by Gasteiger charge is 2.33. The lowest BCUT2D eigenvalue weighted by atomic mass is 10.1. The van der Waals surface area contributed by atoms with Crippen LogP contribution in [0.4, 0.5) is 11.4 Å². The Labute approximate surface area is 232 Å². The summed E-state index contributed by atoms with van der Waals surface area (Å²) in [4.78, 5) is 23.1. The van der Waals surface area contributed by atoms with Gasteiger partial charge in [0, 0.05) is 28.7 Å². The molecule has 0 saturated carbocycles. The van der Waals surface area contributed by atoms with E-state index < -0.39 is 38.0 Å². The second-order valence-electron chi connectivity index (χ2n) is 9.32. The van der Waals surface area contributed by atoms with Gasteiger partial charge in [0.05, 0.1) is 16.8 Å². The minimum atomic E-state index is -4.47. The topological polar surface area (TPSA) is 127 Å². The average molecular weight is 560 g/mol. The lowest BCUT2D eigenvalue weighted by Gasteiger charge is -2.23. The van der Waals surface area contributed by atoms with Gasteiger partial charge in [-0.2, -0.15) is 5.10 Å². The molecular formula is C29H29N5O5S. The van der Waals surface area contributed by atoms with E-state index in [0.29, 0.717) is 0 Å². The summed E-state index contributed by atoms with van der Waals surface area (Å²) in [7, 11) is -4.47. The second-order valence-corrected chi connectivity index (χ2v) is 11.1. The van der Waals surface area contributed by atoms with E-state index in [1.54, 1.807) is 18.2 Å². The monoisotopic (exact) mass is 559 g/mol. The molecule has 1 heterocycles. The van der Waals surface area contributed by atoms with Crippen molar-refractivity contribution in [1.82, 2.24) is 9.99 Å². The molecule has 0 fully saturated rings. The van der Waals surface area contributed by atoms with E-state index in [-0.39, 0.29) is 5.69 Å². The smallest absolute Gasteiger partial charge is 0.289 e. The third-order valence-corrected chi connectivity index (χ3v) is 8.24. The summed E-state index contributed by atoms with van der Waals surface area (Å²) in [5.41, 5.74) is 8.02. The highest BCUT2D eigenvalue weighted by Crippen LogP contribution is 2.29. The Kier molecular flexibility index (Phi) is 8.15. The molecule has 0 aliphatic carbocycles. The van der Waals surface area contributed by atoms with Crippen LogP contribution in [0.3, 0.4) is 0 Å². The van der Waals surface area contributed by atoms with Crippen LogP contribution in [0.1, 0.15) is 28.1 Å². The third-order valence-electron chi connectivity index (χ3n) is 6.42. The van der Waals surface area contributed by atoms with Crippen LogP contribution in [0.5, 0.6) is 0 Å². The number of hydrogen-bond acceptors (Lipinski definition) is 6. The first-order valence-corrected chi connectivity index (χ1v) is 13.8. The van der Waals surface area contributed by atoms with Crippen LogP contribution in [0.15, 0.2) is 88.9 Å². The van der Waals surface area contributed by atoms with Crippen molar-refractivity contribution in [2.24, 2.45) is 5.10 Å². The molecule has 0 atom stereocenters. The maximum atomic E-state index is 13.6. The van der Waals surface area contributed by atoms with Crippen molar-refractivity contribution in [2.45, 2.75) is 32.6 Å². The van der Waals surface area contributed by atoms with Crippen LogP contribution in [0.25, 0.3) is 5.69 Å². The Morgan fingerprint density at radius 2 is 1.68 bits per heavy atom. The van der Waals surface area contributed by atoms with Crippen molar-refractivity contribution >= 4 is 33.5 Å². The van der Waals surface area contributed by atoms with Gasteiger partial charge in [-0.25, -0.2) is 13.8 Å². The Balaban J connectivity index is 1.58. The number of nitro groups is 1. The van der Waals surface area contributed by atoms with Crippen LogP contribution in [-0.2, 0) is 14.8 Å². The standard InChI is InChI=1S/C29H29N5O5S/c1-20-14-15-26(21(2)16-20)33-22(3)17-24(23(33)4)18-30-31-29(35)19-32(25-10-6-5-7-11-25)40(38,39)28-13-9-8-12-27(28)34(36)37/h5-18H,19H2,1-4H3,(H,31,35)/b30-18-. The van der Waals surface area contributed by atoms with Crippen LogP contribution < -0.4 is 9.73 Å². The summed E-state index contributed by atoms with van der Waals surface area (Å²) in [6, 6.07) is 21.1. The highest BCUT2D eigenvalue weighted by molar-refractivity contribution is 7.93. The number of carbonyl (C=O) groups excluding carboxylic acids is 1. The lowest BCUT2D eigenvalue weighted by molar-refractivity contribution is -0.387. The quantitative estimate of drug-likeness (QED) is 0.176. The van der Waals surface area contributed by atoms with Gasteiger partial charge in [-0.05, 0) is 63.6 Å². The maximum absolute atomic E-state index is 13.6. The largest absolute Gasteiger partial charge is 0.318 e. The molecule has 0 radical (unpaired) electrons. The molecule has 206 valence electrons. The fraction of sp³-hybridized carbons (Fsp3) is 0.172. The SMILES string of the molecule is Cc1ccc(-n2c(C)cc(/C=N\NC(=O)CN(c3ccccc3)S(=O)(=O)c3ccccc3[N+](=O)[O-])c2C)c(C)c1. The molecule has 3 aromatic carbocycles. The number of para-hydroxylation sites is 2. The Morgan fingerprint density at radius 3 is 2.35 bits per heavy atom. The van der Waals surface area contributed by atoms with Gasteiger partial charge in [0.2, 0.25) is 0 Å². The highest BCUT2D eigenvalue weighted by atomic mass is 32.2. The minimum absolute atomic E-state index is 0.178. The molecule has 1 N–H and O–H groups in total. The van der Waals surface area contributed by atoms with Crippen molar-refractivity contribution in [2.75, 3.05) is 10.8 Å². The van der Waals surface area contributed by atoms with Crippen molar-refractivity contribution in [3.05, 3.63) is 117 Å². The molecule has 40 heavy (non-hydrogen) atoms.